The van der Waals surface area contributed by atoms with Gasteiger partial charge in [-0.05, 0) is 44.2 Å². The van der Waals surface area contributed by atoms with E-state index in [2.05, 4.69) is 0 Å². The van der Waals surface area contributed by atoms with Crippen molar-refractivity contribution in [2.24, 2.45) is 5.41 Å². The first-order chi connectivity index (χ1) is 14.2. The Kier molecular flexibility index (Phi) is 6.54. The van der Waals surface area contributed by atoms with Crippen LogP contribution >= 0.6 is 0 Å². The van der Waals surface area contributed by atoms with Gasteiger partial charge in [0.1, 0.15) is 0 Å². The summed E-state index contributed by atoms with van der Waals surface area (Å²) >= 11 is 0. The van der Waals surface area contributed by atoms with Gasteiger partial charge in [-0.3, -0.25) is 14.4 Å². The molecule has 1 aliphatic heterocycles. The minimum atomic E-state index is -0.666. The third kappa shape index (κ3) is 4.53. The van der Waals surface area contributed by atoms with E-state index in [1.807, 2.05) is 45.0 Å². The van der Waals surface area contributed by atoms with Gasteiger partial charge in [0, 0.05) is 35.4 Å². The fraction of sp³-hybridized carbons (Fsp3) is 0.500. The Morgan fingerprint density at radius 2 is 1.97 bits per heavy atom. The summed E-state index contributed by atoms with van der Waals surface area (Å²) in [5.74, 6) is -0.940. The number of para-hydroxylation sites is 1. The van der Waals surface area contributed by atoms with Gasteiger partial charge in [0.2, 0.25) is 11.3 Å². The maximum absolute atomic E-state index is 13.3. The topological polar surface area (TPSA) is 81.4 Å². The molecule has 160 valence electrons. The number of hydrogen-bond donors (Lipinski definition) is 0. The number of amides is 1. The maximum atomic E-state index is 13.3. The zero-order chi connectivity index (χ0) is 21.9. The molecule has 2 heterocycles. The van der Waals surface area contributed by atoms with Gasteiger partial charge in [-0.2, -0.15) is 4.73 Å². The Balaban J connectivity index is 1.71. The molecule has 0 bridgehead atoms. The molecule has 6 heteroatoms. The minimum absolute atomic E-state index is 0.00608. The first-order valence-electron chi connectivity index (χ1n) is 10.7. The molecule has 0 saturated carbocycles. The number of Topliss-reactive ketones (excluding diaryl/α,β-unsaturated/α-hetero) is 2. The number of hydrogen-bond acceptors (Lipinski definition) is 4. The maximum Gasteiger partial charge on any atom is 0.290 e. The second-order valence-corrected chi connectivity index (χ2v) is 8.81. The van der Waals surface area contributed by atoms with E-state index in [1.165, 1.54) is 4.90 Å². The zero-order valence-electron chi connectivity index (χ0n) is 18.0. The first kappa shape index (κ1) is 21.9. The second kappa shape index (κ2) is 8.94. The van der Waals surface area contributed by atoms with Crippen molar-refractivity contribution < 1.29 is 19.1 Å². The summed E-state index contributed by atoms with van der Waals surface area (Å²) in [5.41, 5.74) is 0.830. The molecule has 2 aromatic rings. The summed E-state index contributed by atoms with van der Waals surface area (Å²) in [6, 6.07) is 8.86. The number of carbonyl (C=O) groups excluding carboxylic acids is 3. The lowest BCUT2D eigenvalue weighted by molar-refractivity contribution is -0.577. The first-order valence-corrected chi connectivity index (χ1v) is 10.7. The van der Waals surface area contributed by atoms with Gasteiger partial charge in [0.15, 0.2) is 12.0 Å². The summed E-state index contributed by atoms with van der Waals surface area (Å²) < 4.78 is 0.871. The number of nitrogens with zero attached hydrogens (tertiary/aromatic N) is 2. The molecule has 0 spiro atoms. The number of carbonyl (C=O) groups is 3. The molecular weight excluding hydrogens is 380 g/mol. The molecule has 0 N–H and O–H groups in total. The summed E-state index contributed by atoms with van der Waals surface area (Å²) in [7, 11) is 0. The monoisotopic (exact) mass is 410 g/mol. The predicted octanol–water partition coefficient (Wildman–Crippen LogP) is 3.36. The number of benzene rings is 1. The highest BCUT2D eigenvalue weighted by Gasteiger charge is 2.42. The molecule has 1 aromatic carbocycles. The lowest BCUT2D eigenvalue weighted by atomic mass is 9.78. The fourth-order valence-electron chi connectivity index (χ4n) is 4.21. The van der Waals surface area contributed by atoms with E-state index in [0.717, 1.165) is 22.1 Å². The van der Waals surface area contributed by atoms with Crippen molar-refractivity contribution >= 4 is 28.4 Å². The summed E-state index contributed by atoms with van der Waals surface area (Å²) in [5, 5.41) is 13.1. The number of ketones is 2. The van der Waals surface area contributed by atoms with Crippen LogP contribution in [-0.4, -0.2) is 35.0 Å². The Morgan fingerprint density at radius 3 is 2.70 bits per heavy atom. The number of likely N-dealkylation sites (tertiary alicyclic amines) is 1. The van der Waals surface area contributed by atoms with E-state index in [4.69, 9.17) is 0 Å². The highest BCUT2D eigenvalue weighted by molar-refractivity contribution is 6.36. The zero-order valence-corrected chi connectivity index (χ0v) is 18.0. The summed E-state index contributed by atoms with van der Waals surface area (Å²) in [6.45, 7) is 6.09. The van der Waals surface area contributed by atoms with Gasteiger partial charge < -0.3 is 10.1 Å². The van der Waals surface area contributed by atoms with Crippen LogP contribution in [0.25, 0.3) is 10.9 Å². The van der Waals surface area contributed by atoms with Crippen LogP contribution in [-0.2, 0) is 20.8 Å². The smallest absolute Gasteiger partial charge is 0.290 e. The third-order valence-corrected chi connectivity index (χ3v) is 6.04. The summed E-state index contributed by atoms with van der Waals surface area (Å²) in [4.78, 5) is 39.3. The highest BCUT2D eigenvalue weighted by Crippen LogP contribution is 2.31. The van der Waals surface area contributed by atoms with Crippen LogP contribution in [0.1, 0.15) is 58.4 Å². The Hall–Kier alpha value is -2.76. The predicted molar refractivity (Wildman–Crippen MR) is 115 cm³/mol. The van der Waals surface area contributed by atoms with E-state index in [1.54, 1.807) is 12.3 Å². The minimum Gasteiger partial charge on any atom is -0.618 e. The van der Waals surface area contributed by atoms with Crippen molar-refractivity contribution in [3.8, 4) is 0 Å². The van der Waals surface area contributed by atoms with E-state index < -0.39 is 23.1 Å². The van der Waals surface area contributed by atoms with E-state index in [-0.39, 0.29) is 12.2 Å². The summed E-state index contributed by atoms with van der Waals surface area (Å²) in [6.07, 6.45) is 4.89. The van der Waals surface area contributed by atoms with Crippen molar-refractivity contribution in [3.05, 3.63) is 47.3 Å². The van der Waals surface area contributed by atoms with Crippen LogP contribution in [0.15, 0.2) is 36.5 Å². The molecule has 1 aliphatic rings. The van der Waals surface area contributed by atoms with Gasteiger partial charge >= 0.3 is 0 Å². The standard InChI is InChI=1S/C24H30N2O4/c1-4-8-21(27)23(29)25-14-7-11-20(25)22(28)24(2,3)13-12-17-15-18-9-5-6-10-19(18)26(30)16-17/h5-6,9-10,15-16,20H,4,7-8,11-14H2,1-3H3. The number of aromatic nitrogens is 1. The van der Waals surface area contributed by atoms with Crippen LogP contribution in [0, 0.1) is 10.6 Å². The van der Waals surface area contributed by atoms with E-state index in [9.17, 15) is 19.6 Å². The Morgan fingerprint density at radius 1 is 1.23 bits per heavy atom. The number of fused-ring (bicyclic) bond motifs is 1. The van der Waals surface area contributed by atoms with Crippen molar-refractivity contribution in [1.82, 2.24) is 4.90 Å². The molecule has 0 aliphatic carbocycles. The van der Waals surface area contributed by atoms with Gasteiger partial charge in [-0.25, -0.2) is 0 Å². The SMILES string of the molecule is CCCC(=O)C(=O)N1CCCC1C(=O)C(C)(C)CCc1cc2ccccc2[n+]([O-])c1. The molecule has 30 heavy (non-hydrogen) atoms. The molecule has 1 amide bonds. The molecule has 0 radical (unpaired) electrons. The van der Waals surface area contributed by atoms with Gasteiger partial charge in [0.25, 0.3) is 5.91 Å². The molecule has 1 atom stereocenters. The average Bonchev–Trinajstić information content (AvgIpc) is 3.21. The Labute approximate surface area is 177 Å². The third-order valence-electron chi connectivity index (χ3n) is 6.04. The van der Waals surface area contributed by atoms with Crippen molar-refractivity contribution in [2.45, 2.75) is 65.3 Å². The van der Waals surface area contributed by atoms with Gasteiger partial charge in [-0.15, -0.1) is 0 Å². The molecule has 1 saturated heterocycles. The average molecular weight is 411 g/mol. The lowest BCUT2D eigenvalue weighted by Gasteiger charge is -2.31. The Bertz CT molecular complexity index is 967. The fourth-order valence-corrected chi connectivity index (χ4v) is 4.21. The quantitative estimate of drug-likeness (QED) is 0.380. The number of rotatable bonds is 8. The van der Waals surface area contributed by atoms with Gasteiger partial charge in [0.05, 0.1) is 6.04 Å². The van der Waals surface area contributed by atoms with Crippen LogP contribution in [0.2, 0.25) is 0 Å². The molecule has 6 nitrogen and oxygen atoms in total. The van der Waals surface area contributed by atoms with Crippen molar-refractivity contribution in [1.29, 1.82) is 0 Å². The molecule has 3 rings (SSSR count). The van der Waals surface area contributed by atoms with Crippen molar-refractivity contribution in [3.63, 3.8) is 0 Å². The van der Waals surface area contributed by atoms with E-state index >= 15 is 0 Å². The van der Waals surface area contributed by atoms with Crippen LogP contribution in [0.4, 0.5) is 0 Å². The molecule has 1 fully saturated rings. The molecular formula is C24H30N2O4. The normalized spacial score (nSPS) is 16.8. The number of aryl methyl sites for hydroxylation is 1. The van der Waals surface area contributed by atoms with Crippen LogP contribution < -0.4 is 4.73 Å². The second-order valence-electron chi connectivity index (χ2n) is 8.81. The van der Waals surface area contributed by atoms with E-state index in [0.29, 0.717) is 37.7 Å². The molecule has 1 unspecified atom stereocenters. The molecule has 1 aromatic heterocycles. The van der Waals surface area contributed by atoms with Crippen LogP contribution in [0.3, 0.4) is 0 Å². The lowest BCUT2D eigenvalue weighted by Crippen LogP contribution is -2.48. The van der Waals surface area contributed by atoms with Gasteiger partial charge in [-0.1, -0.05) is 32.9 Å². The van der Waals surface area contributed by atoms with Crippen LogP contribution in [0.5, 0.6) is 0 Å². The highest BCUT2D eigenvalue weighted by atomic mass is 16.5. The largest absolute Gasteiger partial charge is 0.618 e. The number of pyridine rings is 1. The van der Waals surface area contributed by atoms with Crippen molar-refractivity contribution in [2.75, 3.05) is 6.54 Å².